The van der Waals surface area contributed by atoms with Gasteiger partial charge in [0.15, 0.2) is 5.82 Å². The molecular weight excluding hydrogens is 342 g/mol. The second-order valence-electron chi connectivity index (χ2n) is 9.05. The van der Waals surface area contributed by atoms with E-state index in [2.05, 4.69) is 26.1 Å². The van der Waals surface area contributed by atoms with Crippen molar-refractivity contribution in [1.29, 1.82) is 0 Å². The zero-order valence-electron chi connectivity index (χ0n) is 16.9. The van der Waals surface area contributed by atoms with Crippen molar-refractivity contribution in [2.45, 2.75) is 96.4 Å². The molecule has 1 fully saturated rings. The van der Waals surface area contributed by atoms with Crippen LogP contribution in [0.5, 0.6) is 0 Å². The van der Waals surface area contributed by atoms with Crippen LogP contribution in [0.3, 0.4) is 0 Å². The Hall–Kier alpha value is -1.89. The Morgan fingerprint density at radius 3 is 2.59 bits per heavy atom. The molecule has 0 aromatic heterocycles. The number of nitrogens with one attached hydrogen (secondary N) is 1. The molecule has 0 aromatic carbocycles. The second-order valence-corrected chi connectivity index (χ2v) is 9.05. The zero-order valence-corrected chi connectivity index (χ0v) is 16.9. The van der Waals surface area contributed by atoms with Gasteiger partial charge in [0.2, 0.25) is 0 Å². The minimum Gasteiger partial charge on any atom is -0.390 e. The number of aromatic nitrogens is 4. The van der Waals surface area contributed by atoms with Gasteiger partial charge in [-0.25, -0.2) is 14.8 Å². The van der Waals surface area contributed by atoms with Gasteiger partial charge in [-0.15, -0.1) is 0 Å². The van der Waals surface area contributed by atoms with Gasteiger partial charge in [-0.2, -0.15) is 0 Å². The van der Waals surface area contributed by atoms with Gasteiger partial charge in [0.1, 0.15) is 17.3 Å². The summed E-state index contributed by atoms with van der Waals surface area (Å²) in [7, 11) is 0. The molecule has 0 saturated heterocycles. The number of rotatable bonds is 3. The summed E-state index contributed by atoms with van der Waals surface area (Å²) < 4.78 is 3.61. The fraction of sp³-hybridized carbons (Fsp3) is 0.750. The summed E-state index contributed by atoms with van der Waals surface area (Å²) in [5.41, 5.74) is 0.0543. The molecule has 0 aromatic rings. The number of aliphatic hydroxyl groups is 1. The van der Waals surface area contributed by atoms with E-state index in [1.165, 1.54) is 0 Å². The molecule has 148 valence electrons. The highest BCUT2D eigenvalue weighted by atomic mass is 16.3. The van der Waals surface area contributed by atoms with E-state index in [1.54, 1.807) is 4.57 Å². The van der Waals surface area contributed by atoms with Crippen LogP contribution in [0.1, 0.15) is 72.0 Å². The van der Waals surface area contributed by atoms with Crippen LogP contribution in [-0.2, 0) is 18.5 Å². The first-order chi connectivity index (χ1) is 12.7. The van der Waals surface area contributed by atoms with Crippen LogP contribution in [0.15, 0.2) is 4.79 Å². The van der Waals surface area contributed by atoms with E-state index in [9.17, 15) is 9.90 Å². The predicted octanol–water partition coefficient (Wildman–Crippen LogP) is 2.74. The van der Waals surface area contributed by atoms with Gasteiger partial charge < -0.3 is 10.4 Å². The van der Waals surface area contributed by atoms with Crippen molar-refractivity contribution in [3.63, 3.8) is 0 Å². The highest BCUT2D eigenvalue weighted by Crippen LogP contribution is 2.43. The average Bonchev–Trinajstić information content (AvgIpc) is 3.07. The van der Waals surface area contributed by atoms with E-state index in [1.807, 2.05) is 11.5 Å². The molecule has 27 heavy (non-hydrogen) atoms. The molecule has 1 saturated carbocycles. The smallest absolute Gasteiger partial charge is 0.331 e. The van der Waals surface area contributed by atoms with E-state index in [0.29, 0.717) is 25.0 Å². The molecule has 2 N–H and O–H groups in total. The fourth-order valence-electron chi connectivity index (χ4n) is 4.38. The average molecular weight is 374 g/mol. The first-order valence-corrected chi connectivity index (χ1v) is 10.2. The van der Waals surface area contributed by atoms with Crippen molar-refractivity contribution in [1.82, 2.24) is 19.1 Å². The Morgan fingerprint density at radius 1 is 1.22 bits per heavy atom. The number of fused-ring (bicyclic) bond motifs is 3. The van der Waals surface area contributed by atoms with Crippen LogP contribution in [0, 0.1) is 0 Å². The van der Waals surface area contributed by atoms with E-state index >= 15 is 0 Å². The maximum atomic E-state index is 13.1. The molecule has 1 atom stereocenters. The fourth-order valence-corrected chi connectivity index (χ4v) is 4.38. The van der Waals surface area contributed by atoms with Crippen molar-refractivity contribution in [2.24, 2.45) is 0 Å². The molecule has 3 heterocycles. The maximum Gasteiger partial charge on any atom is 0.331 e. The lowest BCUT2D eigenvalue weighted by molar-refractivity contribution is 0.00181. The van der Waals surface area contributed by atoms with E-state index < -0.39 is 5.60 Å². The SMILES string of the molecule is CCCn1c2nc(C3(C)CCC(C)(O)CC3)nc-2c2n(c1=O)CCC(C)N2. The summed E-state index contributed by atoms with van der Waals surface area (Å²) in [6.45, 7) is 9.67. The monoisotopic (exact) mass is 373 g/mol. The Kier molecular flexibility index (Phi) is 4.33. The lowest BCUT2D eigenvalue weighted by atomic mass is 9.70. The number of anilines is 1. The first-order valence-electron chi connectivity index (χ1n) is 10.2. The lowest BCUT2D eigenvalue weighted by Crippen LogP contribution is -2.39. The Morgan fingerprint density at radius 2 is 1.93 bits per heavy atom. The summed E-state index contributed by atoms with van der Waals surface area (Å²) in [5.74, 6) is 2.32. The normalized spacial score (nSPS) is 30.9. The second kappa shape index (κ2) is 6.33. The van der Waals surface area contributed by atoms with Gasteiger partial charge in [-0.05, 0) is 52.4 Å². The van der Waals surface area contributed by atoms with Crippen LogP contribution >= 0.6 is 0 Å². The van der Waals surface area contributed by atoms with Gasteiger partial charge in [0, 0.05) is 24.5 Å². The topological polar surface area (TPSA) is 85.0 Å². The third-order valence-electron chi connectivity index (χ3n) is 6.44. The van der Waals surface area contributed by atoms with Crippen molar-refractivity contribution < 1.29 is 5.11 Å². The van der Waals surface area contributed by atoms with Crippen molar-refractivity contribution in [3.05, 3.63) is 16.3 Å². The molecule has 7 heteroatoms. The molecule has 0 amide bonds. The van der Waals surface area contributed by atoms with Gasteiger partial charge in [0.25, 0.3) is 0 Å². The Balaban J connectivity index is 1.86. The number of hydrogen-bond donors (Lipinski definition) is 2. The first kappa shape index (κ1) is 18.5. The number of nitrogens with zero attached hydrogens (tertiary/aromatic N) is 4. The molecule has 1 aliphatic carbocycles. The van der Waals surface area contributed by atoms with Gasteiger partial charge in [-0.3, -0.25) is 9.13 Å². The summed E-state index contributed by atoms with van der Waals surface area (Å²) in [5, 5.41) is 13.8. The molecule has 4 aliphatic rings. The van der Waals surface area contributed by atoms with Crippen molar-refractivity contribution in [2.75, 3.05) is 5.32 Å². The minimum atomic E-state index is -0.595. The molecule has 0 bridgehead atoms. The van der Waals surface area contributed by atoms with E-state index in [-0.39, 0.29) is 11.1 Å². The number of imidazole rings is 1. The maximum absolute atomic E-state index is 13.1. The van der Waals surface area contributed by atoms with Crippen LogP contribution in [0.4, 0.5) is 5.82 Å². The largest absolute Gasteiger partial charge is 0.390 e. The number of hydrogen-bond acceptors (Lipinski definition) is 5. The summed E-state index contributed by atoms with van der Waals surface area (Å²) in [4.78, 5) is 22.9. The zero-order chi connectivity index (χ0) is 19.4. The predicted molar refractivity (Wildman–Crippen MR) is 105 cm³/mol. The minimum absolute atomic E-state index is 0.00179. The molecule has 7 nitrogen and oxygen atoms in total. The van der Waals surface area contributed by atoms with Crippen LogP contribution in [0.2, 0.25) is 0 Å². The molecule has 0 radical (unpaired) electrons. The molecule has 3 aliphatic heterocycles. The highest BCUT2D eigenvalue weighted by Gasteiger charge is 2.41. The van der Waals surface area contributed by atoms with Crippen molar-refractivity contribution >= 4 is 5.82 Å². The molecular formula is C20H31N5O2. The lowest BCUT2D eigenvalue weighted by Gasteiger charge is -2.38. The standard InChI is InChI=1S/C20H31N5O2/c1-5-11-24-16-14(15-21-13(2)6-12-25(15)18(24)26)22-17(23-16)19(3)7-9-20(4,27)10-8-19/h13,21,27H,5-12H2,1-4H3. The van der Waals surface area contributed by atoms with E-state index in [4.69, 9.17) is 9.97 Å². The molecule has 0 spiro atoms. The van der Waals surface area contributed by atoms with Gasteiger partial charge in [0.05, 0.1) is 5.60 Å². The third-order valence-corrected chi connectivity index (χ3v) is 6.44. The Labute approximate surface area is 160 Å². The summed E-state index contributed by atoms with van der Waals surface area (Å²) >= 11 is 0. The van der Waals surface area contributed by atoms with Crippen LogP contribution in [-0.4, -0.2) is 35.9 Å². The molecule has 1 unspecified atom stereocenters. The van der Waals surface area contributed by atoms with Crippen molar-refractivity contribution in [3.8, 4) is 11.5 Å². The molecule has 4 rings (SSSR count). The van der Waals surface area contributed by atoms with Gasteiger partial charge in [-0.1, -0.05) is 13.8 Å². The van der Waals surface area contributed by atoms with E-state index in [0.717, 1.165) is 55.9 Å². The summed E-state index contributed by atoms with van der Waals surface area (Å²) in [6.07, 6.45) is 5.01. The van der Waals surface area contributed by atoms with Crippen LogP contribution in [0.25, 0.3) is 11.5 Å². The summed E-state index contributed by atoms with van der Waals surface area (Å²) in [6, 6.07) is 0.315. The Bertz CT molecular complexity index is 871. The van der Waals surface area contributed by atoms with Gasteiger partial charge >= 0.3 is 5.69 Å². The third kappa shape index (κ3) is 3.06. The highest BCUT2D eigenvalue weighted by molar-refractivity contribution is 5.69. The van der Waals surface area contributed by atoms with Crippen LogP contribution < -0.4 is 11.0 Å². The quantitative estimate of drug-likeness (QED) is 0.864.